The Kier molecular flexibility index (Phi) is 5.08. The normalized spacial score (nSPS) is 17.9. The van der Waals surface area contributed by atoms with Gasteiger partial charge in [-0.05, 0) is 38.3 Å². The molecule has 0 radical (unpaired) electrons. The second-order valence-corrected chi connectivity index (χ2v) is 5.74. The molecule has 0 amide bonds. The van der Waals surface area contributed by atoms with Crippen LogP contribution in [-0.2, 0) is 20.7 Å². The second-order valence-electron chi connectivity index (χ2n) is 5.74. The van der Waals surface area contributed by atoms with Crippen LogP contribution in [0.3, 0.4) is 0 Å². The van der Waals surface area contributed by atoms with Crippen molar-refractivity contribution in [3.63, 3.8) is 0 Å². The Hall–Kier alpha value is -2.14. The predicted molar refractivity (Wildman–Crippen MR) is 84.9 cm³/mol. The first-order valence-electron chi connectivity index (χ1n) is 8.01. The highest BCUT2D eigenvalue weighted by Crippen LogP contribution is 2.22. The van der Waals surface area contributed by atoms with Gasteiger partial charge in [-0.25, -0.2) is 4.98 Å². The summed E-state index contributed by atoms with van der Waals surface area (Å²) in [6.45, 7) is 2.89. The predicted octanol–water partition coefficient (Wildman–Crippen LogP) is 3.30. The molecule has 3 rings (SSSR count). The van der Waals surface area contributed by atoms with E-state index in [-0.39, 0.29) is 18.5 Å². The summed E-state index contributed by atoms with van der Waals surface area (Å²) >= 11 is 0. The molecule has 0 N–H and O–H groups in total. The lowest BCUT2D eigenvalue weighted by Gasteiger charge is -2.21. The SMILES string of the molecule is Cc1oc(-c2ccccc2)nc1CC(=O)OCC1CCCCO1. The summed E-state index contributed by atoms with van der Waals surface area (Å²) in [5.74, 6) is 0.881. The molecule has 1 aliphatic rings. The van der Waals surface area contributed by atoms with Crippen LogP contribution < -0.4 is 0 Å². The van der Waals surface area contributed by atoms with Gasteiger partial charge in [0.15, 0.2) is 0 Å². The standard InChI is InChI=1S/C18H21NO4/c1-13-16(19-18(23-13)14-7-3-2-4-8-14)11-17(20)22-12-15-9-5-6-10-21-15/h2-4,7-8,15H,5-6,9-12H2,1H3. The lowest BCUT2D eigenvalue weighted by atomic mass is 10.1. The molecule has 0 aliphatic carbocycles. The molecule has 23 heavy (non-hydrogen) atoms. The summed E-state index contributed by atoms with van der Waals surface area (Å²) in [6, 6.07) is 9.63. The number of hydrogen-bond donors (Lipinski definition) is 0. The van der Waals surface area contributed by atoms with E-state index in [1.807, 2.05) is 37.3 Å². The van der Waals surface area contributed by atoms with Crippen molar-refractivity contribution in [1.82, 2.24) is 4.98 Å². The van der Waals surface area contributed by atoms with Crippen LogP contribution in [0.25, 0.3) is 11.5 Å². The number of nitrogens with zero attached hydrogens (tertiary/aromatic N) is 1. The number of aromatic nitrogens is 1. The van der Waals surface area contributed by atoms with Gasteiger partial charge >= 0.3 is 5.97 Å². The lowest BCUT2D eigenvalue weighted by molar-refractivity contribution is -0.148. The first-order valence-corrected chi connectivity index (χ1v) is 8.01. The van der Waals surface area contributed by atoms with Crippen LogP contribution in [0, 0.1) is 6.92 Å². The highest BCUT2D eigenvalue weighted by Gasteiger charge is 2.18. The molecule has 0 bridgehead atoms. The zero-order valence-electron chi connectivity index (χ0n) is 13.3. The van der Waals surface area contributed by atoms with Gasteiger partial charge in [-0.3, -0.25) is 4.79 Å². The molecule has 1 aromatic heterocycles. The van der Waals surface area contributed by atoms with Crippen molar-refractivity contribution >= 4 is 5.97 Å². The molecule has 1 aromatic carbocycles. The van der Waals surface area contributed by atoms with Crippen molar-refractivity contribution in [3.8, 4) is 11.5 Å². The number of rotatable bonds is 5. The van der Waals surface area contributed by atoms with E-state index in [1.165, 1.54) is 0 Å². The molecular weight excluding hydrogens is 294 g/mol. The Labute approximate surface area is 135 Å². The largest absolute Gasteiger partial charge is 0.463 e. The maximum atomic E-state index is 12.0. The van der Waals surface area contributed by atoms with Crippen LogP contribution >= 0.6 is 0 Å². The summed E-state index contributed by atoms with van der Waals surface area (Å²) in [6.07, 6.45) is 3.32. The lowest BCUT2D eigenvalue weighted by Crippen LogP contribution is -2.26. The van der Waals surface area contributed by atoms with E-state index in [2.05, 4.69) is 4.98 Å². The quantitative estimate of drug-likeness (QED) is 0.792. The first-order chi connectivity index (χ1) is 11.2. The minimum atomic E-state index is -0.296. The smallest absolute Gasteiger partial charge is 0.312 e. The van der Waals surface area contributed by atoms with Gasteiger partial charge in [0.05, 0.1) is 18.2 Å². The van der Waals surface area contributed by atoms with Crippen molar-refractivity contribution in [2.45, 2.75) is 38.7 Å². The third kappa shape index (κ3) is 4.20. The molecule has 2 heterocycles. The molecule has 0 spiro atoms. The molecule has 2 aromatic rings. The van der Waals surface area contributed by atoms with E-state index >= 15 is 0 Å². The summed E-state index contributed by atoms with van der Waals surface area (Å²) < 4.78 is 16.5. The third-order valence-corrected chi connectivity index (χ3v) is 3.93. The fraction of sp³-hybridized carbons (Fsp3) is 0.444. The van der Waals surface area contributed by atoms with Gasteiger partial charge in [0, 0.05) is 12.2 Å². The topological polar surface area (TPSA) is 61.6 Å². The van der Waals surface area contributed by atoms with Gasteiger partial charge in [0.2, 0.25) is 5.89 Å². The zero-order valence-corrected chi connectivity index (χ0v) is 13.3. The third-order valence-electron chi connectivity index (χ3n) is 3.93. The van der Waals surface area contributed by atoms with Crippen LogP contribution in [-0.4, -0.2) is 30.3 Å². The van der Waals surface area contributed by atoms with Crippen LogP contribution in [0.5, 0.6) is 0 Å². The molecular formula is C18H21NO4. The summed E-state index contributed by atoms with van der Waals surface area (Å²) in [5, 5.41) is 0. The molecule has 122 valence electrons. The molecule has 5 nitrogen and oxygen atoms in total. The van der Waals surface area contributed by atoms with Crippen molar-refractivity contribution in [2.24, 2.45) is 0 Å². The van der Waals surface area contributed by atoms with Gasteiger partial charge in [0.1, 0.15) is 12.4 Å². The van der Waals surface area contributed by atoms with E-state index in [0.717, 1.165) is 31.4 Å². The number of carbonyl (C=O) groups is 1. The maximum Gasteiger partial charge on any atom is 0.312 e. The van der Waals surface area contributed by atoms with Gasteiger partial charge in [0.25, 0.3) is 0 Å². The Bertz CT molecular complexity index is 644. The monoisotopic (exact) mass is 315 g/mol. The van der Waals surface area contributed by atoms with Crippen molar-refractivity contribution in [1.29, 1.82) is 0 Å². The first kappa shape index (κ1) is 15.7. The van der Waals surface area contributed by atoms with Gasteiger partial charge < -0.3 is 13.9 Å². The average molecular weight is 315 g/mol. The Morgan fingerprint density at radius 3 is 2.87 bits per heavy atom. The second kappa shape index (κ2) is 7.42. The fourth-order valence-electron chi connectivity index (χ4n) is 2.61. The highest BCUT2D eigenvalue weighted by atomic mass is 16.6. The van der Waals surface area contributed by atoms with E-state index in [0.29, 0.717) is 24.0 Å². The summed E-state index contributed by atoms with van der Waals surface area (Å²) in [4.78, 5) is 16.4. The Balaban J connectivity index is 1.57. The number of aryl methyl sites for hydroxylation is 1. The number of ether oxygens (including phenoxy) is 2. The number of oxazole rings is 1. The van der Waals surface area contributed by atoms with Gasteiger partial charge in [-0.1, -0.05) is 18.2 Å². The Morgan fingerprint density at radius 1 is 1.30 bits per heavy atom. The average Bonchev–Trinajstić information content (AvgIpc) is 2.95. The number of hydrogen-bond acceptors (Lipinski definition) is 5. The van der Waals surface area contributed by atoms with Crippen LogP contribution in [0.2, 0.25) is 0 Å². The molecule has 1 atom stereocenters. The van der Waals surface area contributed by atoms with Crippen LogP contribution in [0.15, 0.2) is 34.7 Å². The Morgan fingerprint density at radius 2 is 2.13 bits per heavy atom. The van der Waals surface area contributed by atoms with Crippen molar-refractivity contribution in [2.75, 3.05) is 13.2 Å². The van der Waals surface area contributed by atoms with Gasteiger partial charge in [-0.2, -0.15) is 0 Å². The summed E-state index contributed by atoms with van der Waals surface area (Å²) in [5.41, 5.74) is 1.52. The molecule has 5 heteroatoms. The number of benzene rings is 1. The summed E-state index contributed by atoms with van der Waals surface area (Å²) in [7, 11) is 0. The minimum absolute atomic E-state index is 0.0333. The van der Waals surface area contributed by atoms with Crippen molar-refractivity contribution in [3.05, 3.63) is 41.8 Å². The molecule has 1 fully saturated rings. The van der Waals surface area contributed by atoms with E-state index in [9.17, 15) is 4.79 Å². The number of esters is 1. The van der Waals surface area contributed by atoms with Crippen molar-refractivity contribution < 1.29 is 18.7 Å². The molecule has 1 saturated heterocycles. The van der Waals surface area contributed by atoms with E-state index in [4.69, 9.17) is 13.9 Å². The molecule has 1 aliphatic heterocycles. The minimum Gasteiger partial charge on any atom is -0.463 e. The van der Waals surface area contributed by atoms with E-state index in [1.54, 1.807) is 0 Å². The highest BCUT2D eigenvalue weighted by molar-refractivity contribution is 5.72. The van der Waals surface area contributed by atoms with Crippen LogP contribution in [0.1, 0.15) is 30.7 Å². The maximum absolute atomic E-state index is 12.0. The van der Waals surface area contributed by atoms with Gasteiger partial charge in [-0.15, -0.1) is 0 Å². The molecule has 0 saturated carbocycles. The number of carbonyl (C=O) groups excluding carboxylic acids is 1. The fourth-order valence-corrected chi connectivity index (χ4v) is 2.61. The zero-order chi connectivity index (χ0) is 16.1. The van der Waals surface area contributed by atoms with Crippen LogP contribution in [0.4, 0.5) is 0 Å². The van der Waals surface area contributed by atoms with E-state index < -0.39 is 0 Å². The molecule has 1 unspecified atom stereocenters.